The molecule has 2 rings (SSSR count). The van der Waals surface area contributed by atoms with Crippen LogP contribution in [0.15, 0.2) is 10.8 Å². The number of aromatic nitrogens is 1. The summed E-state index contributed by atoms with van der Waals surface area (Å²) < 4.78 is 4.74. The quantitative estimate of drug-likeness (QED) is 0.744. The Morgan fingerprint density at radius 3 is 3.00 bits per heavy atom. The first-order chi connectivity index (χ1) is 5.86. The molecule has 1 fully saturated rings. The number of nitrogens with two attached hydrogens (primary N) is 1. The van der Waals surface area contributed by atoms with Crippen molar-refractivity contribution in [1.29, 1.82) is 0 Å². The molecule has 0 radical (unpaired) electrons. The van der Waals surface area contributed by atoms with E-state index in [0.717, 1.165) is 17.9 Å². The lowest BCUT2D eigenvalue weighted by atomic mass is 10.1. The molecule has 2 N–H and O–H groups in total. The first kappa shape index (κ1) is 7.65. The monoisotopic (exact) mass is 166 g/mol. The normalized spacial score (nSPS) is 16.7. The van der Waals surface area contributed by atoms with E-state index in [0.29, 0.717) is 5.82 Å². The predicted molar refractivity (Wildman–Crippen MR) is 46.6 cm³/mol. The van der Waals surface area contributed by atoms with Crippen LogP contribution in [0.1, 0.15) is 31.2 Å². The van der Waals surface area contributed by atoms with Gasteiger partial charge in [-0.05, 0) is 18.8 Å². The molecular formula is C9H14N2O. The van der Waals surface area contributed by atoms with Crippen LogP contribution in [-0.4, -0.2) is 5.16 Å². The van der Waals surface area contributed by atoms with Gasteiger partial charge in [0.05, 0.1) is 0 Å². The molecule has 1 heterocycles. The van der Waals surface area contributed by atoms with Gasteiger partial charge in [0.15, 0.2) is 5.82 Å². The smallest absolute Gasteiger partial charge is 0.169 e. The fourth-order valence-electron chi connectivity index (χ4n) is 1.44. The molecule has 0 aliphatic heterocycles. The van der Waals surface area contributed by atoms with Crippen LogP contribution in [0.4, 0.5) is 5.82 Å². The van der Waals surface area contributed by atoms with E-state index in [1.807, 2.05) is 0 Å². The minimum absolute atomic E-state index is 0.561. The van der Waals surface area contributed by atoms with Crippen molar-refractivity contribution in [3.8, 4) is 0 Å². The van der Waals surface area contributed by atoms with Crippen molar-refractivity contribution in [2.45, 2.75) is 32.1 Å². The third-order valence-electron chi connectivity index (χ3n) is 2.43. The van der Waals surface area contributed by atoms with Crippen molar-refractivity contribution in [3.05, 3.63) is 11.8 Å². The first-order valence-electron chi connectivity index (χ1n) is 4.55. The van der Waals surface area contributed by atoms with Crippen LogP contribution in [0.3, 0.4) is 0 Å². The summed E-state index contributed by atoms with van der Waals surface area (Å²) >= 11 is 0. The van der Waals surface area contributed by atoms with Crippen LogP contribution < -0.4 is 5.73 Å². The number of hydrogen-bond donors (Lipinski definition) is 1. The van der Waals surface area contributed by atoms with Gasteiger partial charge in [0.1, 0.15) is 6.26 Å². The summed E-state index contributed by atoms with van der Waals surface area (Å²) in [6, 6.07) is 0. The third-order valence-corrected chi connectivity index (χ3v) is 2.43. The molecule has 0 amide bonds. The van der Waals surface area contributed by atoms with Crippen molar-refractivity contribution in [3.63, 3.8) is 0 Å². The lowest BCUT2D eigenvalue weighted by molar-refractivity contribution is 0.422. The van der Waals surface area contributed by atoms with E-state index < -0.39 is 0 Å². The minimum Gasteiger partial charge on any atom is -0.381 e. The average Bonchev–Trinajstić information content (AvgIpc) is 2.78. The van der Waals surface area contributed by atoms with E-state index in [1.165, 1.54) is 25.7 Å². The van der Waals surface area contributed by atoms with Gasteiger partial charge in [-0.15, -0.1) is 0 Å². The molecule has 1 saturated carbocycles. The zero-order valence-corrected chi connectivity index (χ0v) is 7.12. The highest BCUT2D eigenvalue weighted by Gasteiger charge is 2.20. The second-order valence-corrected chi connectivity index (χ2v) is 3.56. The topological polar surface area (TPSA) is 52.0 Å². The maximum absolute atomic E-state index is 5.57. The number of nitrogen functional groups attached to an aromatic ring is 1. The lowest BCUT2D eigenvalue weighted by Crippen LogP contribution is -1.92. The highest BCUT2D eigenvalue weighted by Crippen LogP contribution is 2.34. The molecule has 1 aliphatic rings. The largest absolute Gasteiger partial charge is 0.381 e. The molecule has 66 valence electrons. The molecule has 0 aromatic carbocycles. The summed E-state index contributed by atoms with van der Waals surface area (Å²) in [5.74, 6) is 1.57. The van der Waals surface area contributed by atoms with Crippen molar-refractivity contribution in [1.82, 2.24) is 5.16 Å². The van der Waals surface area contributed by atoms with E-state index >= 15 is 0 Å². The van der Waals surface area contributed by atoms with Crippen LogP contribution in [0.5, 0.6) is 0 Å². The number of anilines is 1. The summed E-state index contributed by atoms with van der Waals surface area (Å²) in [6.07, 6.45) is 8.09. The molecule has 1 aliphatic carbocycles. The Morgan fingerprint density at radius 2 is 2.42 bits per heavy atom. The van der Waals surface area contributed by atoms with Gasteiger partial charge >= 0.3 is 0 Å². The van der Waals surface area contributed by atoms with E-state index in [1.54, 1.807) is 6.26 Å². The van der Waals surface area contributed by atoms with Crippen LogP contribution in [0, 0.1) is 5.92 Å². The lowest BCUT2D eigenvalue weighted by Gasteiger charge is -1.96. The Morgan fingerprint density at radius 1 is 1.58 bits per heavy atom. The molecule has 0 atom stereocenters. The van der Waals surface area contributed by atoms with Crippen LogP contribution in [0.2, 0.25) is 0 Å². The highest BCUT2D eigenvalue weighted by molar-refractivity contribution is 5.35. The van der Waals surface area contributed by atoms with Crippen LogP contribution in [-0.2, 0) is 6.42 Å². The molecule has 12 heavy (non-hydrogen) atoms. The van der Waals surface area contributed by atoms with Gasteiger partial charge < -0.3 is 10.3 Å². The maximum Gasteiger partial charge on any atom is 0.169 e. The Balaban J connectivity index is 1.75. The molecule has 3 nitrogen and oxygen atoms in total. The van der Waals surface area contributed by atoms with Gasteiger partial charge in [0.25, 0.3) is 0 Å². The average molecular weight is 166 g/mol. The van der Waals surface area contributed by atoms with E-state index in [-0.39, 0.29) is 0 Å². The Labute approximate surface area is 71.9 Å². The summed E-state index contributed by atoms with van der Waals surface area (Å²) in [4.78, 5) is 0. The molecule has 0 spiro atoms. The Bertz CT molecular complexity index is 253. The second-order valence-electron chi connectivity index (χ2n) is 3.56. The number of rotatable bonds is 4. The molecule has 1 aromatic heterocycles. The van der Waals surface area contributed by atoms with Gasteiger partial charge in [-0.25, -0.2) is 0 Å². The summed E-state index contributed by atoms with van der Waals surface area (Å²) in [5, 5.41) is 3.63. The first-order valence-corrected chi connectivity index (χ1v) is 4.55. The van der Waals surface area contributed by atoms with Gasteiger partial charge in [-0.3, -0.25) is 0 Å². The van der Waals surface area contributed by atoms with Crippen LogP contribution >= 0.6 is 0 Å². The number of hydrogen-bond acceptors (Lipinski definition) is 3. The maximum atomic E-state index is 5.57. The van der Waals surface area contributed by atoms with Crippen molar-refractivity contribution in [2.75, 3.05) is 5.73 Å². The van der Waals surface area contributed by atoms with Gasteiger partial charge in [0.2, 0.25) is 0 Å². The van der Waals surface area contributed by atoms with E-state index in [9.17, 15) is 0 Å². The Hall–Kier alpha value is -0.990. The zero-order chi connectivity index (χ0) is 8.39. The standard InChI is InChI=1S/C9H14N2O/c10-9-8(6-12-11-9)3-1-2-7-4-5-7/h6-7H,1-5H2,(H2,10,11). The molecule has 0 saturated heterocycles. The van der Waals surface area contributed by atoms with Crippen molar-refractivity contribution in [2.24, 2.45) is 5.92 Å². The number of nitrogens with zero attached hydrogens (tertiary/aromatic N) is 1. The van der Waals surface area contributed by atoms with Crippen molar-refractivity contribution < 1.29 is 4.52 Å². The predicted octanol–water partition coefficient (Wildman–Crippen LogP) is 1.99. The molecule has 0 bridgehead atoms. The van der Waals surface area contributed by atoms with Gasteiger partial charge in [0, 0.05) is 5.56 Å². The fraction of sp³-hybridized carbons (Fsp3) is 0.667. The summed E-state index contributed by atoms with van der Waals surface area (Å²) in [6.45, 7) is 0. The van der Waals surface area contributed by atoms with Gasteiger partial charge in [-0.2, -0.15) is 0 Å². The Kier molecular flexibility index (Phi) is 2.02. The van der Waals surface area contributed by atoms with Gasteiger partial charge in [-0.1, -0.05) is 24.4 Å². The van der Waals surface area contributed by atoms with E-state index in [4.69, 9.17) is 10.3 Å². The highest BCUT2D eigenvalue weighted by atomic mass is 16.5. The van der Waals surface area contributed by atoms with Crippen molar-refractivity contribution >= 4 is 5.82 Å². The minimum atomic E-state index is 0.561. The van der Waals surface area contributed by atoms with Crippen LogP contribution in [0.25, 0.3) is 0 Å². The molecular weight excluding hydrogens is 152 g/mol. The molecule has 1 aromatic rings. The SMILES string of the molecule is Nc1nocc1CCCC1CC1. The second kappa shape index (κ2) is 3.17. The zero-order valence-electron chi connectivity index (χ0n) is 7.12. The number of aryl methyl sites for hydroxylation is 1. The summed E-state index contributed by atoms with van der Waals surface area (Å²) in [5.41, 5.74) is 6.63. The van der Waals surface area contributed by atoms with E-state index in [2.05, 4.69) is 5.16 Å². The fourth-order valence-corrected chi connectivity index (χ4v) is 1.44. The molecule has 0 unspecified atom stereocenters. The summed E-state index contributed by atoms with van der Waals surface area (Å²) in [7, 11) is 0. The molecule has 3 heteroatoms. The third kappa shape index (κ3) is 1.78.